The summed E-state index contributed by atoms with van der Waals surface area (Å²) in [7, 11) is 0. The predicted octanol–water partition coefficient (Wildman–Crippen LogP) is 2.30. The van der Waals surface area contributed by atoms with E-state index in [1.807, 2.05) is 12.1 Å². The van der Waals surface area contributed by atoms with E-state index in [0.29, 0.717) is 23.7 Å². The van der Waals surface area contributed by atoms with Crippen molar-refractivity contribution in [1.29, 1.82) is 0 Å². The van der Waals surface area contributed by atoms with E-state index in [1.54, 1.807) is 12.3 Å². The fourth-order valence-electron chi connectivity index (χ4n) is 1.40. The SMILES string of the molecule is O=C(NCCc1ccco1)c1ccnc(Cl)c1. The molecule has 0 radical (unpaired) electrons. The van der Waals surface area contributed by atoms with Crippen molar-refractivity contribution in [2.75, 3.05) is 6.54 Å². The smallest absolute Gasteiger partial charge is 0.251 e. The van der Waals surface area contributed by atoms with Gasteiger partial charge in [0.15, 0.2) is 0 Å². The Morgan fingerprint density at radius 2 is 2.35 bits per heavy atom. The zero-order valence-electron chi connectivity index (χ0n) is 9.02. The molecule has 1 N–H and O–H groups in total. The second-order valence-corrected chi connectivity index (χ2v) is 3.84. The van der Waals surface area contributed by atoms with Crippen LogP contribution in [0.5, 0.6) is 0 Å². The van der Waals surface area contributed by atoms with Gasteiger partial charge in [-0.05, 0) is 24.3 Å². The van der Waals surface area contributed by atoms with Crippen molar-refractivity contribution in [2.45, 2.75) is 6.42 Å². The van der Waals surface area contributed by atoms with E-state index >= 15 is 0 Å². The number of rotatable bonds is 4. The Bertz CT molecular complexity index is 497. The summed E-state index contributed by atoms with van der Waals surface area (Å²) in [6, 6.07) is 6.84. The molecular weight excluding hydrogens is 240 g/mol. The highest BCUT2D eigenvalue weighted by molar-refractivity contribution is 6.29. The van der Waals surface area contributed by atoms with Crippen molar-refractivity contribution in [3.8, 4) is 0 Å². The average Bonchev–Trinajstić information content (AvgIpc) is 2.82. The molecule has 0 unspecified atom stereocenters. The van der Waals surface area contributed by atoms with Crippen molar-refractivity contribution in [1.82, 2.24) is 10.3 Å². The number of aromatic nitrogens is 1. The van der Waals surface area contributed by atoms with Crippen LogP contribution in [0.15, 0.2) is 41.1 Å². The number of carbonyl (C=O) groups excluding carboxylic acids is 1. The van der Waals surface area contributed by atoms with Gasteiger partial charge in [0.1, 0.15) is 10.9 Å². The number of furan rings is 1. The maximum Gasteiger partial charge on any atom is 0.251 e. The molecule has 0 spiro atoms. The van der Waals surface area contributed by atoms with Crippen LogP contribution in [0.4, 0.5) is 0 Å². The molecule has 4 nitrogen and oxygen atoms in total. The average molecular weight is 251 g/mol. The van der Waals surface area contributed by atoms with Crippen LogP contribution in [0.2, 0.25) is 5.15 Å². The first-order valence-corrected chi connectivity index (χ1v) is 5.55. The van der Waals surface area contributed by atoms with Crippen molar-refractivity contribution in [2.24, 2.45) is 0 Å². The summed E-state index contributed by atoms with van der Waals surface area (Å²) >= 11 is 5.70. The third kappa shape index (κ3) is 3.32. The van der Waals surface area contributed by atoms with Gasteiger partial charge in [-0.25, -0.2) is 4.98 Å². The van der Waals surface area contributed by atoms with E-state index in [0.717, 1.165) is 5.76 Å². The van der Waals surface area contributed by atoms with Gasteiger partial charge in [-0.3, -0.25) is 4.79 Å². The molecule has 1 amide bonds. The fraction of sp³-hybridized carbons (Fsp3) is 0.167. The van der Waals surface area contributed by atoms with E-state index in [1.165, 1.54) is 12.3 Å². The molecule has 0 bridgehead atoms. The summed E-state index contributed by atoms with van der Waals surface area (Å²) in [6.07, 6.45) is 3.78. The minimum absolute atomic E-state index is 0.166. The number of amides is 1. The van der Waals surface area contributed by atoms with Gasteiger partial charge in [-0.1, -0.05) is 11.6 Å². The number of hydrogen-bond donors (Lipinski definition) is 1. The van der Waals surface area contributed by atoms with Crippen LogP contribution in [-0.4, -0.2) is 17.4 Å². The van der Waals surface area contributed by atoms with E-state index in [-0.39, 0.29) is 5.91 Å². The molecule has 5 heteroatoms. The summed E-state index contributed by atoms with van der Waals surface area (Å²) in [5, 5.41) is 3.09. The zero-order valence-corrected chi connectivity index (χ0v) is 9.78. The Hall–Kier alpha value is -1.81. The Morgan fingerprint density at radius 3 is 3.06 bits per heavy atom. The number of pyridine rings is 1. The highest BCUT2D eigenvalue weighted by atomic mass is 35.5. The van der Waals surface area contributed by atoms with Crippen LogP contribution < -0.4 is 5.32 Å². The lowest BCUT2D eigenvalue weighted by Crippen LogP contribution is -2.25. The first-order chi connectivity index (χ1) is 8.25. The lowest BCUT2D eigenvalue weighted by Gasteiger charge is -2.03. The van der Waals surface area contributed by atoms with E-state index < -0.39 is 0 Å². The molecule has 88 valence electrons. The molecule has 0 aliphatic rings. The monoisotopic (exact) mass is 250 g/mol. The minimum atomic E-state index is -0.166. The number of hydrogen-bond acceptors (Lipinski definition) is 3. The quantitative estimate of drug-likeness (QED) is 0.847. The van der Waals surface area contributed by atoms with Crippen molar-refractivity contribution in [3.63, 3.8) is 0 Å². The molecule has 2 aromatic rings. The highest BCUT2D eigenvalue weighted by Crippen LogP contribution is 2.06. The van der Waals surface area contributed by atoms with Crippen LogP contribution in [0.25, 0.3) is 0 Å². The fourth-order valence-corrected chi connectivity index (χ4v) is 1.57. The topological polar surface area (TPSA) is 55.1 Å². The van der Waals surface area contributed by atoms with Crippen LogP contribution >= 0.6 is 11.6 Å². The van der Waals surface area contributed by atoms with E-state index in [4.69, 9.17) is 16.0 Å². The molecule has 2 heterocycles. The van der Waals surface area contributed by atoms with Gasteiger partial charge >= 0.3 is 0 Å². The third-order valence-electron chi connectivity index (χ3n) is 2.23. The van der Waals surface area contributed by atoms with Gasteiger partial charge in [0.05, 0.1) is 6.26 Å². The Labute approximate surface area is 104 Å². The number of carbonyl (C=O) groups is 1. The van der Waals surface area contributed by atoms with Crippen molar-refractivity contribution < 1.29 is 9.21 Å². The van der Waals surface area contributed by atoms with Gasteiger partial charge in [0.25, 0.3) is 5.91 Å². The first kappa shape index (κ1) is 11.7. The first-order valence-electron chi connectivity index (χ1n) is 5.18. The number of nitrogens with zero attached hydrogens (tertiary/aromatic N) is 1. The lowest BCUT2D eigenvalue weighted by atomic mass is 10.2. The maximum atomic E-state index is 11.7. The van der Waals surface area contributed by atoms with E-state index in [2.05, 4.69) is 10.3 Å². The van der Waals surface area contributed by atoms with Crippen molar-refractivity contribution >= 4 is 17.5 Å². The number of nitrogens with one attached hydrogen (secondary N) is 1. The highest BCUT2D eigenvalue weighted by Gasteiger charge is 2.05. The second-order valence-electron chi connectivity index (χ2n) is 3.45. The lowest BCUT2D eigenvalue weighted by molar-refractivity contribution is 0.0953. The summed E-state index contributed by atoms with van der Waals surface area (Å²) in [6.45, 7) is 0.520. The minimum Gasteiger partial charge on any atom is -0.469 e. The molecule has 17 heavy (non-hydrogen) atoms. The summed E-state index contributed by atoms with van der Waals surface area (Å²) < 4.78 is 5.16. The maximum absolute atomic E-state index is 11.7. The second kappa shape index (κ2) is 5.50. The van der Waals surface area contributed by atoms with Crippen LogP contribution in [0.1, 0.15) is 16.1 Å². The molecule has 0 atom stereocenters. The molecule has 2 aromatic heterocycles. The Morgan fingerprint density at radius 1 is 1.47 bits per heavy atom. The molecule has 0 saturated carbocycles. The zero-order chi connectivity index (χ0) is 12.1. The molecule has 0 saturated heterocycles. The summed E-state index contributed by atoms with van der Waals surface area (Å²) in [5.74, 6) is 0.680. The van der Waals surface area contributed by atoms with Crippen LogP contribution in [-0.2, 0) is 6.42 Å². The summed E-state index contributed by atoms with van der Waals surface area (Å²) in [4.78, 5) is 15.5. The predicted molar refractivity (Wildman–Crippen MR) is 64.0 cm³/mol. The standard InChI is InChI=1S/C12H11ClN2O2/c13-11-8-9(3-5-14-11)12(16)15-6-4-10-2-1-7-17-10/h1-3,5,7-8H,4,6H2,(H,15,16). The molecular formula is C12H11ClN2O2. The van der Waals surface area contributed by atoms with Gasteiger partial charge in [0.2, 0.25) is 0 Å². The van der Waals surface area contributed by atoms with Gasteiger partial charge < -0.3 is 9.73 Å². The van der Waals surface area contributed by atoms with Gasteiger partial charge in [0, 0.05) is 24.7 Å². The van der Waals surface area contributed by atoms with Gasteiger partial charge in [-0.2, -0.15) is 0 Å². The molecule has 0 aliphatic carbocycles. The van der Waals surface area contributed by atoms with Crippen molar-refractivity contribution in [3.05, 3.63) is 53.2 Å². The van der Waals surface area contributed by atoms with Crippen LogP contribution in [0, 0.1) is 0 Å². The van der Waals surface area contributed by atoms with Gasteiger partial charge in [-0.15, -0.1) is 0 Å². The Balaban J connectivity index is 1.85. The molecule has 0 fully saturated rings. The Kier molecular flexibility index (Phi) is 3.77. The number of halogens is 1. The van der Waals surface area contributed by atoms with E-state index in [9.17, 15) is 4.79 Å². The van der Waals surface area contributed by atoms with Crippen LogP contribution in [0.3, 0.4) is 0 Å². The third-order valence-corrected chi connectivity index (χ3v) is 2.43. The molecule has 2 rings (SSSR count). The largest absolute Gasteiger partial charge is 0.469 e. The normalized spacial score (nSPS) is 10.2. The molecule has 0 aromatic carbocycles. The summed E-state index contributed by atoms with van der Waals surface area (Å²) in [5.41, 5.74) is 0.504. The molecule has 0 aliphatic heterocycles.